The van der Waals surface area contributed by atoms with Crippen molar-refractivity contribution in [2.24, 2.45) is 0 Å². The highest BCUT2D eigenvalue weighted by atomic mass is 15.1. The van der Waals surface area contributed by atoms with Crippen LogP contribution in [-0.4, -0.2) is 0 Å². The van der Waals surface area contributed by atoms with E-state index in [1.165, 1.54) is 61.0 Å². The first-order chi connectivity index (χ1) is 23.8. The summed E-state index contributed by atoms with van der Waals surface area (Å²) >= 11 is 0. The summed E-state index contributed by atoms with van der Waals surface area (Å²) in [5, 5.41) is 2.48. The van der Waals surface area contributed by atoms with Crippen molar-refractivity contribution in [2.75, 3.05) is 4.90 Å². The number of nitrogens with zero attached hydrogens (tertiary/aromatic N) is 1. The highest BCUT2D eigenvalue weighted by Crippen LogP contribution is 2.62. The molecule has 0 saturated heterocycles. The van der Waals surface area contributed by atoms with Crippen molar-refractivity contribution in [2.45, 2.75) is 5.41 Å². The van der Waals surface area contributed by atoms with Crippen LogP contribution in [0.2, 0.25) is 0 Å². The summed E-state index contributed by atoms with van der Waals surface area (Å²) in [6.07, 6.45) is 0. The van der Waals surface area contributed by atoms with E-state index in [0.717, 1.165) is 11.4 Å². The van der Waals surface area contributed by atoms with Gasteiger partial charge in [0.15, 0.2) is 0 Å². The van der Waals surface area contributed by atoms with Crippen molar-refractivity contribution >= 4 is 27.8 Å². The first-order valence-corrected chi connectivity index (χ1v) is 16.6. The molecule has 1 heteroatoms. The van der Waals surface area contributed by atoms with Crippen LogP contribution in [0.3, 0.4) is 0 Å². The molecule has 0 spiro atoms. The van der Waals surface area contributed by atoms with Crippen molar-refractivity contribution in [1.29, 1.82) is 0 Å². The zero-order valence-electron chi connectivity index (χ0n) is 26.5. The van der Waals surface area contributed by atoms with E-state index in [0.29, 0.717) is 0 Å². The Morgan fingerprint density at radius 2 is 0.896 bits per heavy atom. The van der Waals surface area contributed by atoms with Gasteiger partial charge in [-0.1, -0.05) is 164 Å². The molecule has 0 aliphatic heterocycles. The van der Waals surface area contributed by atoms with Gasteiger partial charge in [0, 0.05) is 16.9 Å². The number of para-hydroxylation sites is 2. The average molecular weight is 612 g/mol. The summed E-state index contributed by atoms with van der Waals surface area (Å²) in [5.74, 6) is 0. The van der Waals surface area contributed by atoms with Gasteiger partial charge in [0.2, 0.25) is 0 Å². The Kier molecular flexibility index (Phi) is 6.76. The molecular weight excluding hydrogens is 579 g/mol. The summed E-state index contributed by atoms with van der Waals surface area (Å²) in [5.41, 5.74) is 13.0. The highest BCUT2D eigenvalue weighted by Gasteiger charge is 2.48. The molecule has 9 rings (SSSR count). The van der Waals surface area contributed by atoms with Crippen LogP contribution in [0.25, 0.3) is 33.0 Å². The Bertz CT molecular complexity index is 2290. The molecule has 8 aromatic carbocycles. The molecule has 226 valence electrons. The van der Waals surface area contributed by atoms with Gasteiger partial charge in [-0.3, -0.25) is 0 Å². The molecule has 0 amide bonds. The molecular formula is C47H33N. The molecule has 48 heavy (non-hydrogen) atoms. The summed E-state index contributed by atoms with van der Waals surface area (Å²) in [6.45, 7) is 0. The zero-order chi connectivity index (χ0) is 31.9. The maximum absolute atomic E-state index is 2.46. The van der Waals surface area contributed by atoms with Crippen molar-refractivity contribution in [3.63, 3.8) is 0 Å². The lowest BCUT2D eigenvalue weighted by Crippen LogP contribution is -2.29. The fourth-order valence-corrected chi connectivity index (χ4v) is 7.91. The molecule has 0 N–H and O–H groups in total. The zero-order valence-corrected chi connectivity index (χ0v) is 26.5. The van der Waals surface area contributed by atoms with Crippen LogP contribution in [0, 0.1) is 0 Å². The predicted molar refractivity (Wildman–Crippen MR) is 201 cm³/mol. The van der Waals surface area contributed by atoms with Crippen molar-refractivity contribution < 1.29 is 0 Å². The van der Waals surface area contributed by atoms with Crippen LogP contribution >= 0.6 is 0 Å². The van der Waals surface area contributed by atoms with Gasteiger partial charge < -0.3 is 4.90 Å². The third kappa shape index (κ3) is 4.32. The van der Waals surface area contributed by atoms with Gasteiger partial charge in [0.25, 0.3) is 0 Å². The first-order valence-electron chi connectivity index (χ1n) is 16.6. The van der Waals surface area contributed by atoms with Crippen molar-refractivity contribution in [1.82, 2.24) is 0 Å². The van der Waals surface area contributed by atoms with E-state index >= 15 is 0 Å². The SMILES string of the molecule is c1ccc(-c2ccc3c(c2)C(c2ccccc2)(c2ccccc2)c2c-3c(N(c3ccccc3)c3ccccc3)cc3ccccc23)cc1. The molecule has 0 aromatic heterocycles. The highest BCUT2D eigenvalue weighted by molar-refractivity contribution is 6.08. The van der Waals surface area contributed by atoms with Gasteiger partial charge >= 0.3 is 0 Å². The van der Waals surface area contributed by atoms with Crippen LogP contribution in [0.4, 0.5) is 17.1 Å². The maximum Gasteiger partial charge on any atom is 0.0720 e. The molecule has 0 bridgehead atoms. The molecule has 0 unspecified atom stereocenters. The molecule has 0 heterocycles. The second kappa shape index (κ2) is 11.6. The fraction of sp³-hybridized carbons (Fsp3) is 0.0213. The van der Waals surface area contributed by atoms with E-state index in [9.17, 15) is 0 Å². The summed E-state index contributed by atoms with van der Waals surface area (Å²) in [4.78, 5) is 2.44. The predicted octanol–water partition coefficient (Wildman–Crippen LogP) is 12.3. The topological polar surface area (TPSA) is 3.24 Å². The lowest BCUT2D eigenvalue weighted by molar-refractivity contribution is 0.775. The Labute approximate surface area is 282 Å². The summed E-state index contributed by atoms with van der Waals surface area (Å²) in [7, 11) is 0. The van der Waals surface area contributed by atoms with Gasteiger partial charge in [-0.25, -0.2) is 0 Å². The molecule has 0 atom stereocenters. The van der Waals surface area contributed by atoms with E-state index < -0.39 is 5.41 Å². The van der Waals surface area contributed by atoms with Gasteiger partial charge in [-0.15, -0.1) is 0 Å². The number of hydrogen-bond donors (Lipinski definition) is 0. The Balaban J connectivity index is 1.49. The van der Waals surface area contributed by atoms with E-state index in [1.54, 1.807) is 0 Å². The van der Waals surface area contributed by atoms with Crippen LogP contribution in [0.5, 0.6) is 0 Å². The normalized spacial score (nSPS) is 12.8. The Morgan fingerprint density at radius 3 is 1.48 bits per heavy atom. The van der Waals surface area contributed by atoms with Gasteiger partial charge in [0.1, 0.15) is 0 Å². The van der Waals surface area contributed by atoms with E-state index in [-0.39, 0.29) is 0 Å². The lowest BCUT2D eigenvalue weighted by Gasteiger charge is -2.35. The van der Waals surface area contributed by atoms with Gasteiger partial charge in [0.05, 0.1) is 11.1 Å². The van der Waals surface area contributed by atoms with E-state index in [2.05, 4.69) is 205 Å². The summed E-state index contributed by atoms with van der Waals surface area (Å²) in [6, 6.07) is 73.0. The minimum atomic E-state index is -0.563. The largest absolute Gasteiger partial charge is 0.310 e. The average Bonchev–Trinajstić information content (AvgIpc) is 3.48. The number of anilines is 3. The first kappa shape index (κ1) is 28.1. The molecule has 8 aromatic rings. The second-order valence-electron chi connectivity index (χ2n) is 12.5. The Hall–Kier alpha value is -6.18. The van der Waals surface area contributed by atoms with Gasteiger partial charge in [-0.2, -0.15) is 0 Å². The monoisotopic (exact) mass is 611 g/mol. The van der Waals surface area contributed by atoms with Crippen LogP contribution in [0.15, 0.2) is 200 Å². The Morgan fingerprint density at radius 1 is 0.396 bits per heavy atom. The molecule has 1 aliphatic rings. The van der Waals surface area contributed by atoms with Crippen molar-refractivity contribution in [3.8, 4) is 22.3 Å². The number of hydrogen-bond acceptors (Lipinski definition) is 1. The third-order valence-corrected chi connectivity index (χ3v) is 9.89. The number of benzene rings is 8. The van der Waals surface area contributed by atoms with Crippen LogP contribution in [-0.2, 0) is 5.41 Å². The van der Waals surface area contributed by atoms with Crippen molar-refractivity contribution in [3.05, 3.63) is 222 Å². The standard InChI is InChI=1S/C47H33N/c1-6-18-34(19-7-1)35-30-31-42-43(32-35)47(37-21-8-2-9-22-37,38-23-10-3-11-24-38)46-41-29-17-16-20-36(41)33-44(45(42)46)48(39-25-12-4-13-26-39)40-27-14-5-15-28-40/h1-33H. The maximum atomic E-state index is 2.46. The minimum Gasteiger partial charge on any atom is -0.310 e. The number of rotatable bonds is 6. The molecule has 0 saturated carbocycles. The smallest absolute Gasteiger partial charge is 0.0720 e. The minimum absolute atomic E-state index is 0.563. The second-order valence-corrected chi connectivity index (χ2v) is 12.5. The quantitative estimate of drug-likeness (QED) is 0.181. The number of fused-ring (bicyclic) bond motifs is 5. The molecule has 0 fully saturated rings. The van der Waals surface area contributed by atoms with E-state index in [4.69, 9.17) is 0 Å². The van der Waals surface area contributed by atoms with E-state index in [1.807, 2.05) is 0 Å². The fourth-order valence-electron chi connectivity index (χ4n) is 7.91. The summed E-state index contributed by atoms with van der Waals surface area (Å²) < 4.78 is 0. The van der Waals surface area contributed by atoms with Crippen LogP contribution < -0.4 is 4.90 Å². The lowest BCUT2D eigenvalue weighted by atomic mass is 9.66. The molecule has 1 nitrogen and oxygen atoms in total. The molecule has 1 aliphatic carbocycles. The van der Waals surface area contributed by atoms with Crippen LogP contribution in [0.1, 0.15) is 22.3 Å². The third-order valence-electron chi connectivity index (χ3n) is 9.89. The van der Waals surface area contributed by atoms with Gasteiger partial charge in [-0.05, 0) is 86.1 Å². The molecule has 0 radical (unpaired) electrons.